The first-order chi connectivity index (χ1) is 10.1. The zero-order valence-corrected chi connectivity index (χ0v) is 13.0. The van der Waals surface area contributed by atoms with Crippen molar-refractivity contribution in [3.8, 4) is 5.75 Å². The van der Waals surface area contributed by atoms with Gasteiger partial charge in [0.25, 0.3) is 0 Å². The molecule has 0 radical (unpaired) electrons. The maximum atomic E-state index is 11.2. The Morgan fingerprint density at radius 1 is 1.33 bits per heavy atom. The normalized spacial score (nSPS) is 28.0. The van der Waals surface area contributed by atoms with E-state index in [4.69, 9.17) is 27.9 Å². The molecule has 0 saturated carbocycles. The number of halogens is 2. The van der Waals surface area contributed by atoms with Crippen LogP contribution in [0.4, 0.5) is 0 Å². The van der Waals surface area contributed by atoms with E-state index in [9.17, 15) is 9.90 Å². The summed E-state index contributed by atoms with van der Waals surface area (Å²) in [5.74, 6) is -0.405. The Morgan fingerprint density at radius 3 is 2.67 bits per heavy atom. The van der Waals surface area contributed by atoms with E-state index in [0.717, 1.165) is 19.3 Å². The van der Waals surface area contributed by atoms with Crippen LogP contribution < -0.4 is 4.74 Å². The lowest BCUT2D eigenvalue weighted by Crippen LogP contribution is -2.35. The van der Waals surface area contributed by atoms with Gasteiger partial charge in [-0.3, -0.25) is 9.69 Å². The molecule has 3 rings (SSSR count). The lowest BCUT2D eigenvalue weighted by Gasteiger charge is -2.22. The average molecular weight is 330 g/mol. The summed E-state index contributed by atoms with van der Waals surface area (Å²) >= 11 is 12.1. The molecular formula is C15H17Cl2NO3. The third-order valence-corrected chi connectivity index (χ3v) is 5.11. The molecule has 3 unspecified atom stereocenters. The minimum Gasteiger partial charge on any atom is -0.489 e. The largest absolute Gasteiger partial charge is 0.489 e. The van der Waals surface area contributed by atoms with Crippen molar-refractivity contribution >= 4 is 29.2 Å². The topological polar surface area (TPSA) is 49.8 Å². The van der Waals surface area contributed by atoms with Gasteiger partial charge in [-0.25, -0.2) is 0 Å². The van der Waals surface area contributed by atoms with Gasteiger partial charge in [0, 0.05) is 18.6 Å². The highest BCUT2D eigenvalue weighted by atomic mass is 35.5. The van der Waals surface area contributed by atoms with Crippen LogP contribution in [0, 0.1) is 5.92 Å². The number of carboxylic acids is 1. The summed E-state index contributed by atoms with van der Waals surface area (Å²) in [6.07, 6.45) is 2.81. The number of carboxylic acid groups (broad SMARTS) is 1. The molecule has 2 aliphatic heterocycles. The molecule has 3 atom stereocenters. The first-order valence-electron chi connectivity index (χ1n) is 7.13. The number of carbonyl (C=O) groups is 1. The van der Waals surface area contributed by atoms with Crippen molar-refractivity contribution in [2.45, 2.75) is 31.3 Å². The molecule has 21 heavy (non-hydrogen) atoms. The van der Waals surface area contributed by atoms with Crippen LogP contribution in [-0.2, 0) is 4.79 Å². The Bertz CT molecular complexity index is 531. The summed E-state index contributed by atoms with van der Waals surface area (Å²) in [4.78, 5) is 13.5. The summed E-state index contributed by atoms with van der Waals surface area (Å²) in [6, 6.07) is 5.78. The Hall–Kier alpha value is -0.970. The van der Waals surface area contributed by atoms with Crippen molar-refractivity contribution in [1.29, 1.82) is 0 Å². The van der Waals surface area contributed by atoms with Crippen molar-refractivity contribution in [2.24, 2.45) is 5.92 Å². The van der Waals surface area contributed by atoms with Crippen molar-refractivity contribution in [3.05, 3.63) is 28.2 Å². The molecule has 2 bridgehead atoms. The van der Waals surface area contributed by atoms with Crippen LogP contribution in [0.3, 0.4) is 0 Å². The predicted octanol–water partition coefficient (Wildman–Crippen LogP) is 3.31. The van der Waals surface area contributed by atoms with E-state index in [1.807, 2.05) is 0 Å². The minimum atomic E-state index is -0.678. The van der Waals surface area contributed by atoms with Crippen molar-refractivity contribution in [3.63, 3.8) is 0 Å². The number of rotatable bonds is 5. The van der Waals surface area contributed by atoms with Gasteiger partial charge in [-0.15, -0.1) is 0 Å². The highest BCUT2D eigenvalue weighted by Gasteiger charge is 2.48. The Balaban J connectivity index is 1.58. The van der Waals surface area contributed by atoms with Crippen LogP contribution in [0.1, 0.15) is 19.3 Å². The highest BCUT2D eigenvalue weighted by molar-refractivity contribution is 6.37. The summed E-state index contributed by atoms with van der Waals surface area (Å²) in [5, 5.41) is 10.2. The molecule has 2 aliphatic rings. The molecule has 2 heterocycles. The summed E-state index contributed by atoms with van der Waals surface area (Å²) in [6.45, 7) is 1.17. The van der Waals surface area contributed by atoms with Gasteiger partial charge in [0.1, 0.15) is 6.61 Å². The molecule has 2 fully saturated rings. The molecule has 1 aromatic carbocycles. The van der Waals surface area contributed by atoms with Gasteiger partial charge in [0.2, 0.25) is 0 Å². The van der Waals surface area contributed by atoms with Crippen molar-refractivity contribution in [1.82, 2.24) is 4.90 Å². The van der Waals surface area contributed by atoms with Gasteiger partial charge in [0.05, 0.1) is 16.0 Å². The molecule has 6 heteroatoms. The van der Waals surface area contributed by atoms with Gasteiger partial charge in [-0.2, -0.15) is 0 Å². The molecule has 1 aromatic rings. The highest BCUT2D eigenvalue weighted by Crippen LogP contribution is 2.41. The van der Waals surface area contributed by atoms with Crippen LogP contribution in [-0.4, -0.2) is 41.2 Å². The molecule has 0 aromatic heterocycles. The van der Waals surface area contributed by atoms with Crippen LogP contribution in [0.2, 0.25) is 10.0 Å². The second kappa shape index (κ2) is 6.03. The number of para-hydroxylation sites is 1. The van der Waals surface area contributed by atoms with Crippen molar-refractivity contribution in [2.75, 3.05) is 13.2 Å². The summed E-state index contributed by atoms with van der Waals surface area (Å²) in [7, 11) is 0. The molecule has 2 saturated heterocycles. The molecule has 0 spiro atoms. The molecule has 4 nitrogen and oxygen atoms in total. The van der Waals surface area contributed by atoms with E-state index in [-0.39, 0.29) is 12.0 Å². The predicted molar refractivity (Wildman–Crippen MR) is 81.2 cm³/mol. The fourth-order valence-electron chi connectivity index (χ4n) is 3.59. The second-order valence-electron chi connectivity index (χ2n) is 5.62. The zero-order valence-electron chi connectivity index (χ0n) is 11.5. The fourth-order valence-corrected chi connectivity index (χ4v) is 4.10. The average Bonchev–Trinajstić information content (AvgIpc) is 2.99. The molecule has 114 valence electrons. The van der Waals surface area contributed by atoms with E-state index in [1.54, 1.807) is 18.2 Å². The zero-order chi connectivity index (χ0) is 15.0. The number of benzene rings is 1. The lowest BCUT2D eigenvalue weighted by atomic mass is 9.89. The van der Waals surface area contributed by atoms with E-state index < -0.39 is 5.97 Å². The number of aliphatic carboxylic acids is 1. The Labute approximate surface area is 133 Å². The van der Waals surface area contributed by atoms with Gasteiger partial charge < -0.3 is 9.84 Å². The van der Waals surface area contributed by atoms with Crippen molar-refractivity contribution < 1.29 is 14.6 Å². The van der Waals surface area contributed by atoms with Crippen LogP contribution in [0.5, 0.6) is 5.75 Å². The molecular weight excluding hydrogens is 313 g/mol. The number of ether oxygens (including phenoxy) is 1. The smallest absolute Gasteiger partial charge is 0.308 e. The van der Waals surface area contributed by atoms with E-state index >= 15 is 0 Å². The molecule has 0 aliphatic carbocycles. The Morgan fingerprint density at radius 2 is 2.05 bits per heavy atom. The van der Waals surface area contributed by atoms with Crippen LogP contribution in [0.15, 0.2) is 18.2 Å². The maximum absolute atomic E-state index is 11.2. The first-order valence-corrected chi connectivity index (χ1v) is 7.89. The third kappa shape index (κ3) is 2.85. The van der Waals surface area contributed by atoms with Gasteiger partial charge in [-0.1, -0.05) is 29.3 Å². The van der Waals surface area contributed by atoms with E-state index in [2.05, 4.69) is 4.90 Å². The second-order valence-corrected chi connectivity index (χ2v) is 6.43. The third-order valence-electron chi connectivity index (χ3n) is 4.51. The quantitative estimate of drug-likeness (QED) is 0.900. The van der Waals surface area contributed by atoms with E-state index in [0.29, 0.717) is 35.0 Å². The molecule has 1 N–H and O–H groups in total. The van der Waals surface area contributed by atoms with E-state index in [1.165, 1.54) is 0 Å². The van der Waals surface area contributed by atoms with Gasteiger partial charge in [-0.05, 0) is 31.4 Å². The first kappa shape index (κ1) is 14.9. The fraction of sp³-hybridized carbons (Fsp3) is 0.533. The number of hydrogen-bond donors (Lipinski definition) is 1. The van der Waals surface area contributed by atoms with Crippen LogP contribution in [0.25, 0.3) is 0 Å². The van der Waals surface area contributed by atoms with Crippen LogP contribution >= 0.6 is 23.2 Å². The molecule has 0 amide bonds. The standard InChI is InChI=1S/C15H17Cl2NO3/c16-11-2-1-3-12(17)14(11)21-7-6-18-9-4-5-13(18)10(8-9)15(19)20/h1-3,9-10,13H,4-8H2,(H,19,20). The van der Waals surface area contributed by atoms with Gasteiger partial charge >= 0.3 is 5.97 Å². The number of hydrogen-bond acceptors (Lipinski definition) is 3. The number of fused-ring (bicyclic) bond motifs is 2. The summed E-state index contributed by atoms with van der Waals surface area (Å²) in [5.41, 5.74) is 0. The Kier molecular flexibility index (Phi) is 4.29. The van der Waals surface area contributed by atoms with Gasteiger partial charge in [0.15, 0.2) is 5.75 Å². The lowest BCUT2D eigenvalue weighted by molar-refractivity contribution is -0.142. The minimum absolute atomic E-state index is 0.151. The summed E-state index contributed by atoms with van der Waals surface area (Å²) < 4.78 is 5.70. The SMILES string of the molecule is O=C(O)C1CC2CCC1N2CCOc1c(Cl)cccc1Cl. The maximum Gasteiger partial charge on any atom is 0.308 e. The monoisotopic (exact) mass is 329 g/mol. The number of nitrogens with zero attached hydrogens (tertiary/aromatic N) is 1.